The van der Waals surface area contributed by atoms with Crippen molar-refractivity contribution in [3.63, 3.8) is 0 Å². The van der Waals surface area contributed by atoms with Crippen LogP contribution in [-0.2, 0) is 23.2 Å². The number of carbonyl (C=O) groups excluding carboxylic acids is 2. The van der Waals surface area contributed by atoms with Gasteiger partial charge in [0.15, 0.2) is 5.78 Å². The van der Waals surface area contributed by atoms with E-state index in [0.717, 1.165) is 73.8 Å². The van der Waals surface area contributed by atoms with Crippen LogP contribution in [0.2, 0.25) is 0 Å². The molecule has 246 valence electrons. The Bertz CT molecular complexity index is 1580. The molecule has 4 rings (SSSR count). The first-order chi connectivity index (χ1) is 21.8. The van der Waals surface area contributed by atoms with Gasteiger partial charge in [-0.05, 0) is 107 Å². The van der Waals surface area contributed by atoms with Crippen LogP contribution in [0.1, 0.15) is 76.4 Å². The van der Waals surface area contributed by atoms with E-state index in [1.165, 1.54) is 5.56 Å². The smallest absolute Gasteiger partial charge is 0.232 e. The lowest BCUT2D eigenvalue weighted by Crippen LogP contribution is -2.46. The van der Waals surface area contributed by atoms with E-state index in [0.29, 0.717) is 17.4 Å². The zero-order chi connectivity index (χ0) is 33.4. The van der Waals surface area contributed by atoms with Crippen LogP contribution in [0.4, 0.5) is 11.6 Å². The molecule has 0 saturated heterocycles. The van der Waals surface area contributed by atoms with Crippen molar-refractivity contribution in [3.8, 4) is 0 Å². The van der Waals surface area contributed by atoms with Crippen LogP contribution in [-0.4, -0.2) is 64.3 Å². The molecular weight excluding hydrogens is 570 g/mol. The Morgan fingerprint density at radius 3 is 2.15 bits per heavy atom. The minimum Gasteiger partial charge on any atom is -0.341 e. The fraction of sp³-hybridized carbons (Fsp3) is 0.462. The third kappa shape index (κ3) is 9.06. The maximum atomic E-state index is 14.1. The fourth-order valence-corrected chi connectivity index (χ4v) is 5.97. The van der Waals surface area contributed by atoms with Crippen molar-refractivity contribution in [2.75, 3.05) is 38.5 Å². The molecule has 0 aliphatic carbocycles. The minimum atomic E-state index is -0.694. The molecule has 7 heteroatoms. The van der Waals surface area contributed by atoms with Crippen molar-refractivity contribution in [2.24, 2.45) is 11.8 Å². The van der Waals surface area contributed by atoms with E-state index in [1.807, 2.05) is 49.1 Å². The number of nitrogens with zero attached hydrogens (tertiary/aromatic N) is 4. The van der Waals surface area contributed by atoms with E-state index < -0.39 is 5.41 Å². The van der Waals surface area contributed by atoms with Gasteiger partial charge in [0.2, 0.25) is 11.9 Å². The fourth-order valence-electron chi connectivity index (χ4n) is 5.97. The number of benzene rings is 3. The molecule has 0 atom stereocenters. The van der Waals surface area contributed by atoms with E-state index in [9.17, 15) is 9.59 Å². The third-order valence-corrected chi connectivity index (χ3v) is 8.56. The highest BCUT2D eigenvalue weighted by atomic mass is 16.2. The van der Waals surface area contributed by atoms with Gasteiger partial charge >= 0.3 is 0 Å². The van der Waals surface area contributed by atoms with Crippen LogP contribution < -0.4 is 5.32 Å². The van der Waals surface area contributed by atoms with Gasteiger partial charge in [0.25, 0.3) is 0 Å². The predicted octanol–water partition coefficient (Wildman–Crippen LogP) is 7.97. The molecule has 0 saturated carbocycles. The molecule has 1 N–H and O–H groups in total. The molecule has 0 bridgehead atoms. The molecule has 0 fully saturated rings. The Balaban J connectivity index is 1.62. The first-order valence-electron chi connectivity index (χ1n) is 16.8. The van der Waals surface area contributed by atoms with Crippen molar-refractivity contribution in [3.05, 3.63) is 89.5 Å². The number of rotatable bonds is 16. The number of aromatic nitrogens is 2. The molecule has 1 heterocycles. The Morgan fingerprint density at radius 1 is 0.891 bits per heavy atom. The van der Waals surface area contributed by atoms with Crippen LogP contribution in [0.3, 0.4) is 0 Å². The Labute approximate surface area is 276 Å². The average Bonchev–Trinajstić information content (AvgIpc) is 3.35. The summed E-state index contributed by atoms with van der Waals surface area (Å²) >= 11 is 0. The van der Waals surface area contributed by atoms with Gasteiger partial charge in [-0.3, -0.25) is 9.59 Å². The number of anilines is 2. The maximum absolute atomic E-state index is 14.1. The van der Waals surface area contributed by atoms with Crippen molar-refractivity contribution in [1.82, 2.24) is 19.4 Å². The second-order valence-electron chi connectivity index (χ2n) is 14.1. The molecule has 4 aromatic rings. The molecule has 1 amide bonds. The molecule has 0 aliphatic rings. The van der Waals surface area contributed by atoms with Crippen LogP contribution in [0.25, 0.3) is 11.0 Å². The summed E-state index contributed by atoms with van der Waals surface area (Å²) in [6.07, 6.45) is 1.96. The average molecular weight is 624 g/mol. The largest absolute Gasteiger partial charge is 0.341 e. The summed E-state index contributed by atoms with van der Waals surface area (Å²) in [6, 6.07) is 24.4. The maximum Gasteiger partial charge on any atom is 0.232 e. The number of nitrogens with one attached hydrogen (secondary N) is 1. The number of fused-ring (bicyclic) bond motifs is 1. The first-order valence-corrected chi connectivity index (χ1v) is 16.8. The lowest BCUT2D eigenvalue weighted by atomic mass is 9.82. The number of amides is 1. The number of Topliss-reactive ketones (excluding diaryl/α,β-unsaturated/α-hetero) is 1. The van der Waals surface area contributed by atoms with Gasteiger partial charge in [0.05, 0.1) is 16.4 Å². The van der Waals surface area contributed by atoms with Crippen molar-refractivity contribution < 1.29 is 9.59 Å². The molecule has 46 heavy (non-hydrogen) atoms. The molecule has 0 radical (unpaired) electrons. The number of likely N-dealkylation sites (N-methyl/N-ethyl adjacent to an activating group) is 1. The van der Waals surface area contributed by atoms with Gasteiger partial charge in [-0.25, -0.2) is 4.98 Å². The summed E-state index contributed by atoms with van der Waals surface area (Å²) in [5, 5.41) is 3.51. The van der Waals surface area contributed by atoms with Gasteiger partial charge in [-0.1, -0.05) is 64.1 Å². The third-order valence-electron chi connectivity index (χ3n) is 8.56. The van der Waals surface area contributed by atoms with E-state index in [1.54, 1.807) is 6.92 Å². The number of imidazole rings is 1. The van der Waals surface area contributed by atoms with Crippen molar-refractivity contribution >= 4 is 34.4 Å². The van der Waals surface area contributed by atoms with E-state index in [-0.39, 0.29) is 11.7 Å². The van der Waals surface area contributed by atoms with Gasteiger partial charge in [0, 0.05) is 37.4 Å². The first kappa shape index (κ1) is 34.9. The van der Waals surface area contributed by atoms with Crippen molar-refractivity contribution in [1.29, 1.82) is 0 Å². The summed E-state index contributed by atoms with van der Waals surface area (Å²) in [7, 11) is 2.18. The van der Waals surface area contributed by atoms with Crippen LogP contribution in [0.15, 0.2) is 72.8 Å². The molecule has 0 aliphatic heterocycles. The Hall–Kier alpha value is -3.97. The minimum absolute atomic E-state index is 0.0419. The van der Waals surface area contributed by atoms with Gasteiger partial charge in [-0.15, -0.1) is 0 Å². The van der Waals surface area contributed by atoms with E-state index in [2.05, 4.69) is 92.0 Å². The molecule has 7 nitrogen and oxygen atoms in total. The molecule has 1 aromatic heterocycles. The normalized spacial score (nSPS) is 12.0. The highest BCUT2D eigenvalue weighted by molar-refractivity contribution is 5.94. The summed E-state index contributed by atoms with van der Waals surface area (Å²) in [5.74, 6) is 1.74. The number of hydrogen-bond acceptors (Lipinski definition) is 5. The number of aryl methyl sites for hydroxylation is 1. The standard InChI is InChI=1S/C39H53N5O2/c1-28(2)26-43(27-29(3)4)37(46)39(6,7)33-17-20-35-36(25-33)44(23-12-22-42(8)24-21-31-13-10-9-11-14-31)38(41-35)40-34-18-15-32(16-19-34)30(5)45/h9-11,13-20,25,28-29H,12,21-24,26-27H2,1-8H3,(H,40,41). The van der Waals surface area contributed by atoms with Crippen LogP contribution >= 0.6 is 0 Å². The predicted molar refractivity (Wildman–Crippen MR) is 191 cm³/mol. The second kappa shape index (κ2) is 15.5. The molecule has 0 unspecified atom stereocenters. The van der Waals surface area contributed by atoms with Crippen LogP contribution in [0, 0.1) is 11.8 Å². The lowest BCUT2D eigenvalue weighted by Gasteiger charge is -2.34. The monoisotopic (exact) mass is 623 g/mol. The second-order valence-corrected chi connectivity index (χ2v) is 14.1. The summed E-state index contributed by atoms with van der Waals surface area (Å²) < 4.78 is 2.24. The quantitative estimate of drug-likeness (QED) is 0.128. The summed E-state index contributed by atoms with van der Waals surface area (Å²) in [4.78, 5) is 35.3. The number of ketones is 1. The zero-order valence-electron chi connectivity index (χ0n) is 29.1. The topological polar surface area (TPSA) is 70.5 Å². The highest BCUT2D eigenvalue weighted by Crippen LogP contribution is 2.32. The summed E-state index contributed by atoms with van der Waals surface area (Å²) in [6.45, 7) is 18.5. The SMILES string of the molecule is CC(=O)c1ccc(Nc2nc3ccc(C(C)(C)C(=O)N(CC(C)C)CC(C)C)cc3n2CCCN(C)CCc2ccccc2)cc1. The van der Waals surface area contributed by atoms with Gasteiger partial charge in [-0.2, -0.15) is 0 Å². The molecule has 0 spiro atoms. The van der Waals surface area contributed by atoms with E-state index in [4.69, 9.17) is 4.98 Å². The Morgan fingerprint density at radius 2 is 1.54 bits per heavy atom. The number of carbonyl (C=O) groups is 2. The lowest BCUT2D eigenvalue weighted by molar-refractivity contribution is -0.137. The van der Waals surface area contributed by atoms with Gasteiger partial charge < -0.3 is 19.7 Å². The summed E-state index contributed by atoms with van der Waals surface area (Å²) in [5.41, 5.74) is 5.08. The molecule has 3 aromatic carbocycles. The molecular formula is C39H53N5O2. The zero-order valence-corrected chi connectivity index (χ0v) is 29.1. The Kier molecular flexibility index (Phi) is 11.8. The van der Waals surface area contributed by atoms with Crippen LogP contribution in [0.5, 0.6) is 0 Å². The van der Waals surface area contributed by atoms with Crippen molar-refractivity contribution in [2.45, 2.75) is 73.3 Å². The van der Waals surface area contributed by atoms with E-state index >= 15 is 0 Å². The number of hydrogen-bond donors (Lipinski definition) is 1. The highest BCUT2D eigenvalue weighted by Gasteiger charge is 2.35. The van der Waals surface area contributed by atoms with Gasteiger partial charge in [0.1, 0.15) is 0 Å².